The highest BCUT2D eigenvalue weighted by molar-refractivity contribution is 5.97. The van der Waals surface area contributed by atoms with Crippen LogP contribution in [0.3, 0.4) is 0 Å². The van der Waals surface area contributed by atoms with Crippen LogP contribution in [0.4, 0.5) is 0 Å². The molecule has 0 saturated carbocycles. The second-order valence-electron chi connectivity index (χ2n) is 14.2. The quantitative estimate of drug-likeness (QED) is 0.0224. The number of nitrogens with two attached hydrogens (primary N) is 4. The number of carbonyl (C=O) groups excluding carboxylic acids is 7. The number of nitrogens with zero attached hydrogens (tertiary/aromatic N) is 1. The van der Waals surface area contributed by atoms with Crippen molar-refractivity contribution in [2.75, 3.05) is 13.2 Å². The summed E-state index contributed by atoms with van der Waals surface area (Å²) >= 11 is 0. The van der Waals surface area contributed by atoms with Crippen LogP contribution in [0.2, 0.25) is 0 Å². The van der Waals surface area contributed by atoms with Crippen LogP contribution in [0.15, 0.2) is 29.3 Å². The van der Waals surface area contributed by atoms with Crippen molar-refractivity contribution in [2.45, 2.75) is 108 Å². The van der Waals surface area contributed by atoms with Crippen molar-refractivity contribution in [3.63, 3.8) is 0 Å². The van der Waals surface area contributed by atoms with Gasteiger partial charge in [0.1, 0.15) is 42.0 Å². The monoisotopic (exact) mass is 851 g/mol. The van der Waals surface area contributed by atoms with Gasteiger partial charge in [-0.05, 0) is 56.2 Å². The third-order valence-corrected chi connectivity index (χ3v) is 8.52. The number of aliphatic imine (C=N–C) groups is 1. The Bertz CT molecular complexity index is 1700. The summed E-state index contributed by atoms with van der Waals surface area (Å²) in [5.41, 5.74) is 22.1. The minimum atomic E-state index is -1.73. The smallest absolute Gasteiger partial charge is 0.328 e. The number of amides is 7. The molecular formula is C36H57N11O13. The number of nitrogens with one attached hydrogen (secondary N) is 6. The van der Waals surface area contributed by atoms with Crippen molar-refractivity contribution in [3.8, 4) is 5.75 Å². The molecule has 0 unspecified atom stereocenters. The van der Waals surface area contributed by atoms with E-state index < -0.39 is 115 Å². The Labute approximate surface area is 345 Å². The van der Waals surface area contributed by atoms with Gasteiger partial charge in [-0.3, -0.25) is 43.3 Å². The SMILES string of the molecule is CC(C)C[C@H](NC(=O)[C@@H](N)CC(=O)O)C(=O)N[C@@H](CCC(N)=O)C(=O)N[C@@H](C)C(=O)N[C@@H](CCCN=C(N)N)C(=O)N[C@@H](Cc1ccc(O)cc1)C(=O)N[C@@H](CO)C(=O)O. The Morgan fingerprint density at radius 3 is 1.70 bits per heavy atom. The fraction of sp³-hybridized carbons (Fsp3) is 0.556. The Morgan fingerprint density at radius 1 is 0.667 bits per heavy atom. The summed E-state index contributed by atoms with van der Waals surface area (Å²) in [5.74, 6) is -9.97. The molecule has 7 atom stereocenters. The topological polar surface area (TPSA) is 423 Å². The van der Waals surface area contributed by atoms with Crippen molar-refractivity contribution in [2.24, 2.45) is 33.8 Å². The minimum Gasteiger partial charge on any atom is -0.508 e. The van der Waals surface area contributed by atoms with Gasteiger partial charge in [0, 0.05) is 19.4 Å². The molecular weight excluding hydrogens is 794 g/mol. The third kappa shape index (κ3) is 19.7. The maximum atomic E-state index is 13.7. The molecule has 0 aliphatic carbocycles. The summed E-state index contributed by atoms with van der Waals surface area (Å²) in [4.78, 5) is 118. The lowest BCUT2D eigenvalue weighted by Gasteiger charge is -2.27. The van der Waals surface area contributed by atoms with Gasteiger partial charge in [-0.25, -0.2) is 4.79 Å². The number of aromatic hydroxyl groups is 1. The van der Waals surface area contributed by atoms with E-state index in [-0.39, 0.29) is 56.3 Å². The van der Waals surface area contributed by atoms with Crippen molar-refractivity contribution < 1.29 is 63.6 Å². The zero-order valence-electron chi connectivity index (χ0n) is 33.5. The molecule has 334 valence electrons. The highest BCUT2D eigenvalue weighted by Gasteiger charge is 2.33. The molecule has 18 N–H and O–H groups in total. The van der Waals surface area contributed by atoms with Gasteiger partial charge in [0.15, 0.2) is 5.96 Å². The lowest BCUT2D eigenvalue weighted by Crippen LogP contribution is -2.59. The molecule has 0 heterocycles. The van der Waals surface area contributed by atoms with E-state index >= 15 is 0 Å². The van der Waals surface area contributed by atoms with E-state index in [1.165, 1.54) is 31.2 Å². The Hall–Kier alpha value is -6.56. The van der Waals surface area contributed by atoms with Crippen molar-refractivity contribution in [1.82, 2.24) is 31.9 Å². The predicted molar refractivity (Wildman–Crippen MR) is 212 cm³/mol. The first-order chi connectivity index (χ1) is 28.0. The van der Waals surface area contributed by atoms with Gasteiger partial charge in [0.25, 0.3) is 0 Å². The molecule has 60 heavy (non-hydrogen) atoms. The van der Waals surface area contributed by atoms with E-state index in [2.05, 4.69) is 36.9 Å². The number of hydrogen-bond acceptors (Lipinski definition) is 13. The van der Waals surface area contributed by atoms with Crippen molar-refractivity contribution in [1.29, 1.82) is 0 Å². The predicted octanol–water partition coefficient (Wildman–Crippen LogP) is -4.89. The standard InChI is InChI=1S/C36H57N11O13/c1-17(2)13-24(45-30(54)21(37)15-28(51)52)33(57)44-23(10-11-27(38)50)31(55)42-18(3)29(53)43-22(5-4-12-41-36(39)40)32(56)46-25(14-19-6-8-20(49)9-7-19)34(58)47-26(16-48)35(59)60/h6-9,17-18,21-26,48-49H,4-5,10-16,37H2,1-3H3,(H2,38,50)(H,42,55)(H,43,53)(H,44,57)(H,45,54)(H,46,56)(H,47,58)(H,51,52)(H,59,60)(H4,39,40,41)/t18-,21-,22-,23-,24-,25-,26-/m0/s1. The Morgan fingerprint density at radius 2 is 1.17 bits per heavy atom. The number of carboxylic acid groups (broad SMARTS) is 2. The number of aliphatic carboxylic acids is 2. The molecule has 0 aliphatic rings. The average molecular weight is 852 g/mol. The summed E-state index contributed by atoms with van der Waals surface area (Å²) in [6.07, 6.45) is -1.69. The van der Waals surface area contributed by atoms with E-state index in [9.17, 15) is 58.5 Å². The maximum absolute atomic E-state index is 13.7. The number of benzene rings is 1. The second kappa shape index (κ2) is 25.7. The molecule has 0 aliphatic heterocycles. The number of carboxylic acids is 2. The number of carbonyl (C=O) groups is 9. The average Bonchev–Trinajstić information content (AvgIpc) is 3.15. The first-order valence-corrected chi connectivity index (χ1v) is 18.8. The normalized spacial score (nSPS) is 14.4. The van der Waals surface area contributed by atoms with Gasteiger partial charge < -0.3 is 75.3 Å². The molecule has 0 spiro atoms. The molecule has 0 saturated heterocycles. The van der Waals surface area contributed by atoms with E-state index in [1.807, 2.05) is 0 Å². The first kappa shape index (κ1) is 51.5. The number of aliphatic hydroxyl groups excluding tert-OH is 1. The van der Waals surface area contributed by atoms with E-state index in [4.69, 9.17) is 28.0 Å². The van der Waals surface area contributed by atoms with Gasteiger partial charge in [-0.15, -0.1) is 0 Å². The third-order valence-electron chi connectivity index (χ3n) is 8.52. The van der Waals surface area contributed by atoms with Crippen LogP contribution in [-0.2, 0) is 49.6 Å². The Kier molecular flexibility index (Phi) is 22.1. The molecule has 24 heteroatoms. The van der Waals surface area contributed by atoms with E-state index in [0.717, 1.165) is 0 Å². The van der Waals surface area contributed by atoms with Gasteiger partial charge in [-0.2, -0.15) is 0 Å². The Balaban J connectivity index is 3.33. The molecule has 1 aromatic carbocycles. The van der Waals surface area contributed by atoms with Crippen LogP contribution >= 0.6 is 0 Å². The molecule has 0 radical (unpaired) electrons. The molecule has 7 amide bonds. The lowest BCUT2D eigenvalue weighted by molar-refractivity contribution is -0.143. The van der Waals surface area contributed by atoms with Gasteiger partial charge >= 0.3 is 11.9 Å². The van der Waals surface area contributed by atoms with Gasteiger partial charge in [-0.1, -0.05) is 26.0 Å². The molecule has 1 rings (SSSR count). The first-order valence-electron chi connectivity index (χ1n) is 18.8. The van der Waals surface area contributed by atoms with E-state index in [0.29, 0.717) is 5.56 Å². The summed E-state index contributed by atoms with van der Waals surface area (Å²) < 4.78 is 0. The fourth-order valence-electron chi connectivity index (χ4n) is 5.35. The molecule has 24 nitrogen and oxygen atoms in total. The zero-order valence-corrected chi connectivity index (χ0v) is 33.5. The summed E-state index contributed by atoms with van der Waals surface area (Å²) in [6, 6.07) is -4.81. The number of primary amides is 1. The van der Waals surface area contributed by atoms with Crippen LogP contribution < -0.4 is 54.8 Å². The van der Waals surface area contributed by atoms with Crippen LogP contribution in [0.5, 0.6) is 5.75 Å². The highest BCUT2D eigenvalue weighted by atomic mass is 16.4. The van der Waals surface area contributed by atoms with Gasteiger partial charge in [0.2, 0.25) is 41.4 Å². The minimum absolute atomic E-state index is 0.00742. The lowest BCUT2D eigenvalue weighted by atomic mass is 10.0. The molecule has 0 fully saturated rings. The molecule has 0 aromatic heterocycles. The van der Waals surface area contributed by atoms with Crippen LogP contribution in [0, 0.1) is 5.92 Å². The number of phenolic OH excluding ortho intramolecular Hbond substituents is 1. The van der Waals surface area contributed by atoms with E-state index in [1.54, 1.807) is 13.8 Å². The number of phenols is 1. The fourth-order valence-corrected chi connectivity index (χ4v) is 5.35. The number of aliphatic hydroxyl groups is 1. The second-order valence-corrected chi connectivity index (χ2v) is 14.2. The summed E-state index contributed by atoms with van der Waals surface area (Å²) in [6.45, 7) is 3.73. The highest BCUT2D eigenvalue weighted by Crippen LogP contribution is 2.13. The molecule has 0 bridgehead atoms. The number of hydrogen-bond donors (Lipinski definition) is 14. The van der Waals surface area contributed by atoms with Crippen molar-refractivity contribution >= 4 is 59.2 Å². The number of rotatable bonds is 27. The van der Waals surface area contributed by atoms with Crippen LogP contribution in [0.1, 0.15) is 64.9 Å². The maximum Gasteiger partial charge on any atom is 0.328 e. The van der Waals surface area contributed by atoms with Crippen LogP contribution in [-0.4, -0.2) is 135 Å². The largest absolute Gasteiger partial charge is 0.508 e. The van der Waals surface area contributed by atoms with Crippen LogP contribution in [0.25, 0.3) is 0 Å². The number of guanidine groups is 1. The van der Waals surface area contributed by atoms with Crippen molar-refractivity contribution in [3.05, 3.63) is 29.8 Å². The summed E-state index contributed by atoms with van der Waals surface area (Å²) in [7, 11) is 0. The zero-order chi connectivity index (χ0) is 45.7. The van der Waals surface area contributed by atoms with Gasteiger partial charge in [0.05, 0.1) is 19.1 Å². The molecule has 1 aromatic rings. The summed E-state index contributed by atoms with van der Waals surface area (Å²) in [5, 5.41) is 51.7.